The molecule has 2 rings (SSSR count). The second-order valence-corrected chi connectivity index (χ2v) is 6.15. The molecular formula is C18H28O. The average molecular weight is 260 g/mol. The third-order valence-corrected chi connectivity index (χ3v) is 4.63. The molecule has 0 spiro atoms. The lowest BCUT2D eigenvalue weighted by molar-refractivity contribution is 0.0765. The van der Waals surface area contributed by atoms with Gasteiger partial charge in [-0.1, -0.05) is 49.3 Å². The van der Waals surface area contributed by atoms with Crippen molar-refractivity contribution >= 4 is 0 Å². The monoisotopic (exact) mass is 260 g/mol. The normalized spacial score (nSPS) is 32.3. The molecule has 2 aliphatic carbocycles. The second kappa shape index (κ2) is 6.56. The lowest BCUT2D eigenvalue weighted by Gasteiger charge is -2.30. The van der Waals surface area contributed by atoms with Gasteiger partial charge in [0.05, 0.1) is 5.60 Å². The van der Waals surface area contributed by atoms with E-state index in [-0.39, 0.29) is 0 Å². The predicted octanol–water partition coefficient (Wildman–Crippen LogP) is 4.93. The first-order valence-electron chi connectivity index (χ1n) is 7.92. The van der Waals surface area contributed by atoms with Crippen molar-refractivity contribution in [2.24, 2.45) is 5.92 Å². The maximum atomic E-state index is 10.7. The van der Waals surface area contributed by atoms with Gasteiger partial charge in [-0.3, -0.25) is 0 Å². The van der Waals surface area contributed by atoms with E-state index in [1.54, 1.807) is 5.57 Å². The first-order valence-corrected chi connectivity index (χ1v) is 7.92. The van der Waals surface area contributed by atoms with Crippen LogP contribution >= 0.6 is 0 Å². The number of hydrogen-bond acceptors (Lipinski definition) is 1. The molecule has 0 aromatic heterocycles. The Morgan fingerprint density at radius 2 is 1.95 bits per heavy atom. The lowest BCUT2D eigenvalue weighted by Crippen LogP contribution is -2.29. The first kappa shape index (κ1) is 14.6. The molecule has 2 atom stereocenters. The van der Waals surface area contributed by atoms with E-state index in [0.29, 0.717) is 5.92 Å². The molecule has 106 valence electrons. The number of rotatable bonds is 4. The third kappa shape index (κ3) is 4.07. The lowest BCUT2D eigenvalue weighted by atomic mass is 9.81. The fraction of sp³-hybridized carbons (Fsp3) is 0.667. The van der Waals surface area contributed by atoms with Crippen molar-refractivity contribution in [2.45, 2.75) is 70.8 Å². The van der Waals surface area contributed by atoms with Crippen LogP contribution in [0.3, 0.4) is 0 Å². The zero-order chi connectivity index (χ0) is 13.7. The maximum absolute atomic E-state index is 10.7. The zero-order valence-electron chi connectivity index (χ0n) is 12.5. The van der Waals surface area contributed by atoms with Crippen LogP contribution in [0.4, 0.5) is 0 Å². The van der Waals surface area contributed by atoms with E-state index in [1.807, 2.05) is 0 Å². The van der Waals surface area contributed by atoms with Crippen LogP contribution < -0.4 is 0 Å². The average Bonchev–Trinajstić information content (AvgIpc) is 2.45. The minimum atomic E-state index is -0.576. The highest BCUT2D eigenvalue weighted by molar-refractivity contribution is 5.18. The van der Waals surface area contributed by atoms with Gasteiger partial charge in [0.25, 0.3) is 0 Å². The van der Waals surface area contributed by atoms with E-state index in [2.05, 4.69) is 38.2 Å². The highest BCUT2D eigenvalue weighted by Gasteiger charge is 2.27. The molecule has 0 aliphatic heterocycles. The van der Waals surface area contributed by atoms with Crippen LogP contribution in [0, 0.1) is 5.92 Å². The fourth-order valence-electron chi connectivity index (χ4n) is 3.28. The van der Waals surface area contributed by atoms with Crippen LogP contribution in [-0.4, -0.2) is 10.7 Å². The van der Waals surface area contributed by atoms with Crippen molar-refractivity contribution in [3.8, 4) is 0 Å². The Morgan fingerprint density at radius 3 is 2.68 bits per heavy atom. The molecule has 0 bridgehead atoms. The summed E-state index contributed by atoms with van der Waals surface area (Å²) >= 11 is 0. The molecular weight excluding hydrogens is 232 g/mol. The Labute approximate surface area is 118 Å². The smallest absolute Gasteiger partial charge is 0.0867 e. The van der Waals surface area contributed by atoms with E-state index in [1.165, 1.54) is 31.3 Å². The number of aliphatic hydroxyl groups is 1. The Balaban J connectivity index is 1.95. The van der Waals surface area contributed by atoms with E-state index in [0.717, 1.165) is 25.7 Å². The van der Waals surface area contributed by atoms with Gasteiger partial charge in [0.1, 0.15) is 0 Å². The Morgan fingerprint density at radius 1 is 1.21 bits per heavy atom. The van der Waals surface area contributed by atoms with Crippen molar-refractivity contribution in [1.29, 1.82) is 0 Å². The van der Waals surface area contributed by atoms with Crippen LogP contribution in [0.1, 0.15) is 65.2 Å². The van der Waals surface area contributed by atoms with Crippen LogP contribution in [0.2, 0.25) is 0 Å². The minimum Gasteiger partial charge on any atom is -0.385 e. The van der Waals surface area contributed by atoms with Crippen molar-refractivity contribution in [1.82, 2.24) is 0 Å². The maximum Gasteiger partial charge on any atom is 0.0867 e. The Bertz CT molecular complexity index is 388. The summed E-state index contributed by atoms with van der Waals surface area (Å²) in [6.45, 7) is 4.42. The van der Waals surface area contributed by atoms with E-state index >= 15 is 0 Å². The van der Waals surface area contributed by atoms with Gasteiger partial charge < -0.3 is 5.11 Å². The number of allylic oxidation sites excluding steroid dienone is 4. The van der Waals surface area contributed by atoms with Gasteiger partial charge in [-0.2, -0.15) is 0 Å². The molecule has 0 aromatic rings. The molecule has 19 heavy (non-hydrogen) atoms. The van der Waals surface area contributed by atoms with Gasteiger partial charge in [-0.25, -0.2) is 0 Å². The second-order valence-electron chi connectivity index (χ2n) is 6.15. The highest BCUT2D eigenvalue weighted by atomic mass is 16.3. The van der Waals surface area contributed by atoms with Crippen molar-refractivity contribution in [3.63, 3.8) is 0 Å². The molecule has 0 radical (unpaired) electrons. The molecule has 0 fully saturated rings. The van der Waals surface area contributed by atoms with Gasteiger partial charge in [0.2, 0.25) is 0 Å². The van der Waals surface area contributed by atoms with Crippen LogP contribution in [0.15, 0.2) is 35.5 Å². The molecule has 2 unspecified atom stereocenters. The van der Waals surface area contributed by atoms with E-state index < -0.39 is 5.60 Å². The summed E-state index contributed by atoms with van der Waals surface area (Å²) in [6, 6.07) is 0. The van der Waals surface area contributed by atoms with Gasteiger partial charge >= 0.3 is 0 Å². The molecule has 0 amide bonds. The summed E-state index contributed by atoms with van der Waals surface area (Å²) in [5, 5.41) is 10.7. The topological polar surface area (TPSA) is 20.2 Å². The zero-order valence-corrected chi connectivity index (χ0v) is 12.5. The molecule has 1 nitrogen and oxygen atoms in total. The fourth-order valence-corrected chi connectivity index (χ4v) is 3.28. The van der Waals surface area contributed by atoms with Gasteiger partial charge in [0.15, 0.2) is 0 Å². The quantitative estimate of drug-likeness (QED) is 0.710. The van der Waals surface area contributed by atoms with Gasteiger partial charge in [-0.05, 0) is 50.9 Å². The molecule has 1 N–H and O–H groups in total. The molecule has 0 heterocycles. The summed E-state index contributed by atoms with van der Waals surface area (Å²) in [5.74, 6) is 0.639. The highest BCUT2D eigenvalue weighted by Crippen LogP contribution is 2.33. The Kier molecular flexibility index (Phi) is 5.04. The van der Waals surface area contributed by atoms with Gasteiger partial charge in [0, 0.05) is 6.42 Å². The minimum absolute atomic E-state index is 0.576. The SMILES string of the molecule is CCC1=CCCC(C=CC2(O)CCC=C(CC)C2)C1. The summed E-state index contributed by atoms with van der Waals surface area (Å²) < 4.78 is 0. The molecule has 0 saturated carbocycles. The molecule has 2 aliphatic rings. The van der Waals surface area contributed by atoms with Crippen LogP contribution in [0.5, 0.6) is 0 Å². The predicted molar refractivity (Wildman–Crippen MR) is 82.0 cm³/mol. The van der Waals surface area contributed by atoms with Crippen LogP contribution in [-0.2, 0) is 0 Å². The first-order chi connectivity index (χ1) is 9.15. The van der Waals surface area contributed by atoms with Gasteiger partial charge in [-0.15, -0.1) is 0 Å². The van der Waals surface area contributed by atoms with Crippen molar-refractivity contribution < 1.29 is 5.11 Å². The third-order valence-electron chi connectivity index (χ3n) is 4.63. The summed E-state index contributed by atoms with van der Waals surface area (Å²) in [6.07, 6.45) is 17.7. The van der Waals surface area contributed by atoms with Crippen molar-refractivity contribution in [3.05, 3.63) is 35.5 Å². The van der Waals surface area contributed by atoms with Crippen LogP contribution in [0.25, 0.3) is 0 Å². The molecule has 0 saturated heterocycles. The van der Waals surface area contributed by atoms with E-state index in [9.17, 15) is 5.11 Å². The molecule has 0 aromatic carbocycles. The standard InChI is InChI=1S/C18H28O/c1-3-15-7-5-8-17(13-15)10-12-18(19)11-6-9-16(4-2)14-18/h7,9-10,12,17,19H,3-6,8,11,13-14H2,1-2H3. The number of hydrogen-bond donors (Lipinski definition) is 1. The van der Waals surface area contributed by atoms with E-state index in [4.69, 9.17) is 0 Å². The summed E-state index contributed by atoms with van der Waals surface area (Å²) in [5.41, 5.74) is 2.43. The molecule has 1 heteroatoms. The summed E-state index contributed by atoms with van der Waals surface area (Å²) in [4.78, 5) is 0. The summed E-state index contributed by atoms with van der Waals surface area (Å²) in [7, 11) is 0. The Hall–Kier alpha value is -0.820. The van der Waals surface area contributed by atoms with Crippen molar-refractivity contribution in [2.75, 3.05) is 0 Å². The largest absolute Gasteiger partial charge is 0.385 e.